The summed E-state index contributed by atoms with van der Waals surface area (Å²) in [5.74, 6) is 2.72. The summed E-state index contributed by atoms with van der Waals surface area (Å²) in [7, 11) is 1.86. The number of nitrogens with one attached hydrogen (secondary N) is 2. The Morgan fingerprint density at radius 2 is 1.95 bits per heavy atom. The van der Waals surface area contributed by atoms with E-state index in [4.69, 9.17) is 0 Å². The molecule has 1 aliphatic carbocycles. The number of rotatable bonds is 5. The molecular weight excluding hydrogens is 236 g/mol. The molecule has 1 aliphatic heterocycles. The number of aliphatic imine (C=N–C) groups is 1. The lowest BCUT2D eigenvalue weighted by molar-refractivity contribution is 0.191. The van der Waals surface area contributed by atoms with Gasteiger partial charge in [0, 0.05) is 19.6 Å². The summed E-state index contributed by atoms with van der Waals surface area (Å²) in [6.45, 7) is 9.46. The van der Waals surface area contributed by atoms with Crippen molar-refractivity contribution in [3.05, 3.63) is 0 Å². The van der Waals surface area contributed by atoms with Crippen LogP contribution in [0, 0.1) is 11.8 Å². The van der Waals surface area contributed by atoms with Crippen molar-refractivity contribution in [2.24, 2.45) is 16.8 Å². The summed E-state index contributed by atoms with van der Waals surface area (Å²) in [5.41, 5.74) is 0. The molecule has 2 rings (SSSR count). The Morgan fingerprint density at radius 3 is 2.53 bits per heavy atom. The van der Waals surface area contributed by atoms with E-state index in [0.29, 0.717) is 6.04 Å². The van der Waals surface area contributed by atoms with E-state index < -0.39 is 0 Å². The molecule has 0 radical (unpaired) electrons. The molecule has 0 bridgehead atoms. The van der Waals surface area contributed by atoms with Gasteiger partial charge in [-0.15, -0.1) is 0 Å². The summed E-state index contributed by atoms with van der Waals surface area (Å²) in [4.78, 5) is 6.88. The van der Waals surface area contributed by atoms with Gasteiger partial charge in [-0.2, -0.15) is 0 Å². The fraction of sp³-hybridized carbons (Fsp3) is 0.933. The van der Waals surface area contributed by atoms with E-state index in [9.17, 15) is 0 Å². The molecule has 1 heterocycles. The summed E-state index contributed by atoms with van der Waals surface area (Å²) in [6.07, 6.45) is 5.23. The van der Waals surface area contributed by atoms with Gasteiger partial charge in [0.2, 0.25) is 0 Å². The van der Waals surface area contributed by atoms with Crippen LogP contribution in [0.5, 0.6) is 0 Å². The molecule has 1 saturated carbocycles. The zero-order chi connectivity index (χ0) is 13.7. The lowest BCUT2D eigenvalue weighted by Crippen LogP contribution is -2.41. The average Bonchev–Trinajstić information content (AvgIpc) is 3.11. The number of guanidine groups is 1. The average molecular weight is 266 g/mol. The smallest absolute Gasteiger partial charge is 0.191 e. The zero-order valence-corrected chi connectivity index (χ0v) is 12.8. The first-order chi connectivity index (χ1) is 9.19. The Balaban J connectivity index is 1.53. The summed E-state index contributed by atoms with van der Waals surface area (Å²) < 4.78 is 0. The molecule has 4 heteroatoms. The molecule has 0 amide bonds. The number of piperidine rings is 1. The third-order valence-corrected chi connectivity index (χ3v) is 4.48. The van der Waals surface area contributed by atoms with Crippen molar-refractivity contribution in [3.63, 3.8) is 0 Å². The third-order valence-electron chi connectivity index (χ3n) is 4.48. The molecule has 4 nitrogen and oxygen atoms in total. The van der Waals surface area contributed by atoms with Crippen molar-refractivity contribution in [1.29, 1.82) is 0 Å². The highest BCUT2D eigenvalue weighted by Crippen LogP contribution is 2.28. The molecule has 0 aromatic heterocycles. The maximum Gasteiger partial charge on any atom is 0.191 e. The van der Waals surface area contributed by atoms with Crippen molar-refractivity contribution in [2.45, 2.75) is 45.6 Å². The molecule has 2 atom stereocenters. The highest BCUT2D eigenvalue weighted by Gasteiger charge is 2.33. The van der Waals surface area contributed by atoms with E-state index in [0.717, 1.165) is 24.3 Å². The van der Waals surface area contributed by atoms with Crippen molar-refractivity contribution in [1.82, 2.24) is 15.5 Å². The van der Waals surface area contributed by atoms with Gasteiger partial charge in [-0.05, 0) is 57.2 Å². The number of hydrogen-bond donors (Lipinski definition) is 2. The number of hydrogen-bond acceptors (Lipinski definition) is 2. The largest absolute Gasteiger partial charge is 0.356 e. The molecule has 2 aliphatic rings. The van der Waals surface area contributed by atoms with Gasteiger partial charge >= 0.3 is 0 Å². The van der Waals surface area contributed by atoms with Crippen LogP contribution in [0.1, 0.15) is 39.5 Å². The highest BCUT2D eigenvalue weighted by atomic mass is 15.2. The topological polar surface area (TPSA) is 39.7 Å². The lowest BCUT2D eigenvalue weighted by Gasteiger charge is -2.30. The second kappa shape index (κ2) is 7.13. The van der Waals surface area contributed by atoms with Gasteiger partial charge in [0.05, 0.1) is 0 Å². The van der Waals surface area contributed by atoms with E-state index in [1.165, 1.54) is 45.3 Å². The van der Waals surface area contributed by atoms with Crippen LogP contribution in [0.4, 0.5) is 0 Å². The molecular formula is C15H30N4. The maximum atomic E-state index is 4.28. The molecule has 110 valence electrons. The SMILES string of the molecule is CN=C(NCCCN1CCC(C)CC1)NC1CC1C. The molecule has 2 unspecified atom stereocenters. The van der Waals surface area contributed by atoms with E-state index in [-0.39, 0.29) is 0 Å². The Bertz CT molecular complexity index is 295. The summed E-state index contributed by atoms with van der Waals surface area (Å²) >= 11 is 0. The summed E-state index contributed by atoms with van der Waals surface area (Å²) in [6, 6.07) is 0.648. The molecule has 1 saturated heterocycles. The van der Waals surface area contributed by atoms with Gasteiger partial charge in [-0.1, -0.05) is 13.8 Å². The zero-order valence-electron chi connectivity index (χ0n) is 12.8. The molecule has 2 N–H and O–H groups in total. The fourth-order valence-corrected chi connectivity index (χ4v) is 2.69. The molecule has 19 heavy (non-hydrogen) atoms. The second-order valence-electron chi connectivity index (χ2n) is 6.34. The van der Waals surface area contributed by atoms with Crippen LogP contribution in [-0.2, 0) is 0 Å². The van der Waals surface area contributed by atoms with Gasteiger partial charge in [-0.3, -0.25) is 4.99 Å². The minimum absolute atomic E-state index is 0.648. The molecule has 0 spiro atoms. The van der Waals surface area contributed by atoms with Crippen LogP contribution in [0.3, 0.4) is 0 Å². The lowest BCUT2D eigenvalue weighted by atomic mass is 9.99. The van der Waals surface area contributed by atoms with Crippen LogP contribution < -0.4 is 10.6 Å². The third kappa shape index (κ3) is 5.01. The Kier molecular flexibility index (Phi) is 5.49. The Labute approximate surface area is 118 Å². The second-order valence-corrected chi connectivity index (χ2v) is 6.34. The van der Waals surface area contributed by atoms with E-state index in [1.807, 2.05) is 7.05 Å². The van der Waals surface area contributed by atoms with Crippen LogP contribution in [0.25, 0.3) is 0 Å². The number of likely N-dealkylation sites (tertiary alicyclic amines) is 1. The van der Waals surface area contributed by atoms with Crippen LogP contribution >= 0.6 is 0 Å². The quantitative estimate of drug-likeness (QED) is 0.452. The monoisotopic (exact) mass is 266 g/mol. The highest BCUT2D eigenvalue weighted by molar-refractivity contribution is 5.80. The van der Waals surface area contributed by atoms with E-state index >= 15 is 0 Å². The Morgan fingerprint density at radius 1 is 1.26 bits per heavy atom. The van der Waals surface area contributed by atoms with Crippen LogP contribution in [0.15, 0.2) is 4.99 Å². The predicted molar refractivity (Wildman–Crippen MR) is 81.5 cm³/mol. The first kappa shape index (κ1) is 14.6. The molecule has 0 aromatic rings. The van der Waals surface area contributed by atoms with Crippen LogP contribution in [-0.4, -0.2) is 50.1 Å². The standard InChI is InChI=1S/C15H30N4/c1-12-5-9-19(10-6-12)8-4-7-17-15(16-3)18-14-11-13(14)2/h12-14H,4-11H2,1-3H3,(H2,16,17,18). The van der Waals surface area contributed by atoms with E-state index in [2.05, 4.69) is 34.4 Å². The van der Waals surface area contributed by atoms with Gasteiger partial charge in [0.15, 0.2) is 5.96 Å². The van der Waals surface area contributed by atoms with Crippen molar-refractivity contribution < 1.29 is 0 Å². The van der Waals surface area contributed by atoms with Gasteiger partial charge < -0.3 is 15.5 Å². The maximum absolute atomic E-state index is 4.28. The molecule has 0 aromatic carbocycles. The van der Waals surface area contributed by atoms with Crippen LogP contribution in [0.2, 0.25) is 0 Å². The normalized spacial score (nSPS) is 29.3. The number of nitrogens with zero attached hydrogens (tertiary/aromatic N) is 2. The van der Waals surface area contributed by atoms with Crippen molar-refractivity contribution in [3.8, 4) is 0 Å². The molecule has 2 fully saturated rings. The van der Waals surface area contributed by atoms with E-state index in [1.54, 1.807) is 0 Å². The Hall–Kier alpha value is -0.770. The fourth-order valence-electron chi connectivity index (χ4n) is 2.69. The summed E-state index contributed by atoms with van der Waals surface area (Å²) in [5, 5.41) is 6.88. The minimum atomic E-state index is 0.648. The first-order valence-electron chi connectivity index (χ1n) is 7.88. The van der Waals surface area contributed by atoms with Crippen molar-refractivity contribution >= 4 is 5.96 Å². The van der Waals surface area contributed by atoms with Gasteiger partial charge in [0.1, 0.15) is 0 Å². The first-order valence-corrected chi connectivity index (χ1v) is 7.88. The van der Waals surface area contributed by atoms with Gasteiger partial charge in [-0.25, -0.2) is 0 Å². The predicted octanol–water partition coefficient (Wildman–Crippen LogP) is 1.68. The van der Waals surface area contributed by atoms with Gasteiger partial charge in [0.25, 0.3) is 0 Å². The van der Waals surface area contributed by atoms with Crippen molar-refractivity contribution in [2.75, 3.05) is 33.2 Å². The minimum Gasteiger partial charge on any atom is -0.356 e.